The molecule has 0 bridgehead atoms. The second-order valence-electron chi connectivity index (χ2n) is 1.52. The molecule has 1 rings (SSSR count). The monoisotopic (exact) mass is 114 g/mol. The van der Waals surface area contributed by atoms with Crippen molar-refractivity contribution in [3.8, 4) is 0 Å². The van der Waals surface area contributed by atoms with E-state index in [4.69, 9.17) is 10.4 Å². The molecule has 1 fully saturated rings. The molecule has 0 aromatic heterocycles. The summed E-state index contributed by atoms with van der Waals surface area (Å²) >= 11 is 0. The lowest BCUT2D eigenvalue weighted by Crippen LogP contribution is -2.10. The number of nitrogens with one attached hydrogen (secondary N) is 1. The van der Waals surface area contributed by atoms with Crippen molar-refractivity contribution in [2.45, 2.75) is 6.04 Å². The van der Waals surface area contributed by atoms with Crippen LogP contribution in [0.2, 0.25) is 0 Å². The van der Waals surface area contributed by atoms with E-state index in [1.54, 1.807) is 0 Å². The van der Waals surface area contributed by atoms with E-state index in [0.717, 1.165) is 0 Å². The van der Waals surface area contributed by atoms with Crippen LogP contribution >= 0.6 is 0 Å². The third-order valence-corrected chi connectivity index (χ3v) is 0.912. The van der Waals surface area contributed by atoms with Crippen LogP contribution in [0.25, 0.3) is 10.4 Å². The molecule has 1 heterocycles. The molecule has 1 aliphatic rings. The van der Waals surface area contributed by atoms with Gasteiger partial charge in [0, 0.05) is 11.5 Å². The molecule has 0 saturated carbocycles. The minimum absolute atomic E-state index is 0.0139. The molecular weight excluding hydrogens is 108 g/mol. The van der Waals surface area contributed by atoms with Gasteiger partial charge in [0.2, 0.25) is 0 Å². The topological polar surface area (TPSA) is 70.0 Å². The van der Waals surface area contributed by atoms with Gasteiger partial charge in [-0.15, -0.1) is 0 Å². The van der Waals surface area contributed by atoms with Gasteiger partial charge in [0.05, 0.1) is 12.6 Å². The first-order chi connectivity index (χ1) is 3.93. The molecule has 0 radical (unpaired) electrons. The number of hydrogen-bond donors (Lipinski definition) is 1. The summed E-state index contributed by atoms with van der Waals surface area (Å²) in [5.41, 5.74) is 10.5. The Hall–Kier alpha value is -0.770. The second-order valence-corrected chi connectivity index (χ2v) is 1.52. The molecule has 0 aromatic carbocycles. The Balaban J connectivity index is 2.35. The van der Waals surface area contributed by atoms with E-state index in [1.807, 2.05) is 0 Å². The maximum Gasteiger partial charge on any atom is 0.0780 e. The molecule has 5 heteroatoms. The normalized spacial score (nSPS) is 27.2. The molecule has 0 unspecified atom stereocenters. The van der Waals surface area contributed by atoms with Crippen molar-refractivity contribution in [1.29, 1.82) is 0 Å². The van der Waals surface area contributed by atoms with E-state index in [1.165, 1.54) is 0 Å². The van der Waals surface area contributed by atoms with Crippen molar-refractivity contribution in [3.63, 3.8) is 0 Å². The van der Waals surface area contributed by atoms with Crippen molar-refractivity contribution in [2.75, 3.05) is 13.2 Å². The maximum absolute atomic E-state index is 7.90. The van der Waals surface area contributed by atoms with Gasteiger partial charge >= 0.3 is 0 Å². The molecule has 8 heavy (non-hydrogen) atoms. The van der Waals surface area contributed by atoms with E-state index in [2.05, 4.69) is 15.5 Å². The largest absolute Gasteiger partial charge is 0.301 e. The number of azide groups is 1. The summed E-state index contributed by atoms with van der Waals surface area (Å²) in [5.74, 6) is 0. The van der Waals surface area contributed by atoms with Gasteiger partial charge in [-0.1, -0.05) is 5.11 Å². The van der Waals surface area contributed by atoms with Gasteiger partial charge in [0.1, 0.15) is 0 Å². The Morgan fingerprint density at radius 2 is 2.75 bits per heavy atom. The van der Waals surface area contributed by atoms with Crippen LogP contribution in [0.4, 0.5) is 0 Å². The standard InChI is InChI=1S/C3H6N4O/c4-7-6-3-1-5-8-2-3/h3,5H,1-2H2/t3-/m0/s1. The third kappa shape index (κ3) is 1.10. The molecule has 1 saturated heterocycles. The number of nitrogens with zero attached hydrogens (tertiary/aromatic N) is 3. The van der Waals surface area contributed by atoms with Crippen LogP contribution < -0.4 is 5.48 Å². The summed E-state index contributed by atoms with van der Waals surface area (Å²) < 4.78 is 0. The second kappa shape index (κ2) is 2.52. The van der Waals surface area contributed by atoms with E-state index < -0.39 is 0 Å². The average molecular weight is 114 g/mol. The van der Waals surface area contributed by atoms with Gasteiger partial charge < -0.3 is 4.84 Å². The minimum Gasteiger partial charge on any atom is -0.301 e. The minimum atomic E-state index is -0.0139. The lowest BCUT2D eigenvalue weighted by atomic mass is 10.4. The Kier molecular flexibility index (Phi) is 1.69. The first kappa shape index (κ1) is 5.37. The van der Waals surface area contributed by atoms with Gasteiger partial charge in [-0.25, -0.2) is 5.48 Å². The van der Waals surface area contributed by atoms with Crippen LogP contribution in [-0.4, -0.2) is 19.2 Å². The fraction of sp³-hybridized carbons (Fsp3) is 1.00. The molecular formula is C3H6N4O. The summed E-state index contributed by atoms with van der Waals surface area (Å²) in [4.78, 5) is 7.32. The van der Waals surface area contributed by atoms with Crippen molar-refractivity contribution < 1.29 is 4.84 Å². The fourth-order valence-corrected chi connectivity index (χ4v) is 0.516. The molecule has 1 atom stereocenters. The molecule has 1 N–H and O–H groups in total. The van der Waals surface area contributed by atoms with Gasteiger partial charge in [-0.2, -0.15) is 0 Å². The summed E-state index contributed by atoms with van der Waals surface area (Å²) in [5, 5.41) is 3.42. The van der Waals surface area contributed by atoms with Crippen molar-refractivity contribution >= 4 is 0 Å². The first-order valence-electron chi connectivity index (χ1n) is 2.32. The molecule has 1 aliphatic heterocycles. The van der Waals surface area contributed by atoms with Gasteiger partial charge in [-0.05, 0) is 5.53 Å². The number of hydroxylamine groups is 1. The van der Waals surface area contributed by atoms with Crippen LogP contribution in [0.15, 0.2) is 5.11 Å². The van der Waals surface area contributed by atoms with Crippen LogP contribution in [0.5, 0.6) is 0 Å². The average Bonchev–Trinajstić information content (AvgIpc) is 2.19. The van der Waals surface area contributed by atoms with Crippen molar-refractivity contribution in [3.05, 3.63) is 10.4 Å². The molecule has 5 nitrogen and oxygen atoms in total. The van der Waals surface area contributed by atoms with Gasteiger partial charge in [0.25, 0.3) is 0 Å². The Bertz CT molecular complexity index is 112. The van der Waals surface area contributed by atoms with E-state index in [0.29, 0.717) is 13.2 Å². The highest BCUT2D eigenvalue weighted by Gasteiger charge is 2.11. The van der Waals surface area contributed by atoms with E-state index >= 15 is 0 Å². The fourth-order valence-electron chi connectivity index (χ4n) is 0.516. The molecule has 44 valence electrons. The Morgan fingerprint density at radius 1 is 1.88 bits per heavy atom. The number of hydrogen-bond acceptors (Lipinski definition) is 3. The van der Waals surface area contributed by atoms with Crippen LogP contribution in [0.1, 0.15) is 0 Å². The number of rotatable bonds is 1. The highest BCUT2D eigenvalue weighted by atomic mass is 16.7. The van der Waals surface area contributed by atoms with Gasteiger partial charge in [-0.3, -0.25) is 0 Å². The van der Waals surface area contributed by atoms with E-state index in [-0.39, 0.29) is 6.04 Å². The smallest absolute Gasteiger partial charge is 0.0780 e. The highest BCUT2D eigenvalue weighted by molar-refractivity contribution is 4.70. The highest BCUT2D eigenvalue weighted by Crippen LogP contribution is 1.95. The quantitative estimate of drug-likeness (QED) is 0.300. The summed E-state index contributed by atoms with van der Waals surface area (Å²) in [6, 6.07) is -0.0139. The van der Waals surface area contributed by atoms with Crippen molar-refractivity contribution in [2.24, 2.45) is 5.11 Å². The van der Waals surface area contributed by atoms with E-state index in [9.17, 15) is 0 Å². The SMILES string of the molecule is [N-]=[N+]=N[C@H]1CNOC1. The third-order valence-electron chi connectivity index (χ3n) is 0.912. The predicted molar refractivity (Wildman–Crippen MR) is 26.9 cm³/mol. The zero-order valence-corrected chi connectivity index (χ0v) is 4.24. The molecule has 0 amide bonds. The van der Waals surface area contributed by atoms with Crippen LogP contribution in [-0.2, 0) is 4.84 Å². The first-order valence-corrected chi connectivity index (χ1v) is 2.32. The Labute approximate surface area is 46.2 Å². The summed E-state index contributed by atoms with van der Waals surface area (Å²) in [6.45, 7) is 1.12. The Morgan fingerprint density at radius 3 is 3.25 bits per heavy atom. The molecule has 0 spiro atoms. The summed E-state index contributed by atoms with van der Waals surface area (Å²) in [7, 11) is 0. The maximum atomic E-state index is 7.90. The zero-order chi connectivity index (χ0) is 5.82. The van der Waals surface area contributed by atoms with Crippen LogP contribution in [0.3, 0.4) is 0 Å². The predicted octanol–water partition coefficient (Wildman–Crippen LogP) is 0.200. The van der Waals surface area contributed by atoms with Crippen LogP contribution in [0, 0.1) is 0 Å². The lowest BCUT2D eigenvalue weighted by molar-refractivity contribution is 0.101. The molecule has 0 aromatic rings. The van der Waals surface area contributed by atoms with Gasteiger partial charge in [0.15, 0.2) is 0 Å². The lowest BCUT2D eigenvalue weighted by Gasteiger charge is -1.88. The zero-order valence-electron chi connectivity index (χ0n) is 4.24. The summed E-state index contributed by atoms with van der Waals surface area (Å²) in [6.07, 6.45) is 0. The molecule has 0 aliphatic carbocycles. The van der Waals surface area contributed by atoms with Crippen molar-refractivity contribution in [1.82, 2.24) is 5.48 Å².